The van der Waals surface area contributed by atoms with Gasteiger partial charge in [-0.25, -0.2) is 0 Å². The average molecular weight is 366 g/mol. The fourth-order valence-corrected chi connectivity index (χ4v) is 4.93. The molecule has 1 unspecified atom stereocenters. The van der Waals surface area contributed by atoms with Crippen LogP contribution in [-0.4, -0.2) is 5.04 Å². The summed E-state index contributed by atoms with van der Waals surface area (Å²) in [7, 11) is 0. The van der Waals surface area contributed by atoms with Crippen molar-refractivity contribution in [2.45, 2.75) is 77.0 Å². The zero-order valence-electron chi connectivity index (χ0n) is 17.4. The molecule has 0 bridgehead atoms. The molecule has 1 aliphatic rings. The van der Waals surface area contributed by atoms with Crippen LogP contribution in [0, 0.1) is 19.3 Å². The first-order valence-corrected chi connectivity index (χ1v) is 10.2. The van der Waals surface area contributed by atoms with Crippen LogP contribution >= 0.6 is 11.8 Å². The minimum Gasteiger partial charge on any atom is -0.297 e. The van der Waals surface area contributed by atoms with E-state index in [2.05, 4.69) is 85.7 Å². The summed E-state index contributed by atoms with van der Waals surface area (Å²) in [4.78, 5) is 1.30. The lowest BCUT2D eigenvalue weighted by Gasteiger charge is -2.28. The maximum Gasteiger partial charge on any atom is 0.0808 e. The van der Waals surface area contributed by atoms with E-state index in [1.807, 2.05) is 0 Å². The lowest BCUT2D eigenvalue weighted by molar-refractivity contribution is 0.557. The number of aryl methyl sites for hydroxylation is 2. The Balaban J connectivity index is 2.26. The Hall–Kier alpha value is -1.54. The van der Waals surface area contributed by atoms with Crippen LogP contribution in [0.5, 0.6) is 0 Å². The quantitative estimate of drug-likeness (QED) is 0.572. The lowest BCUT2D eigenvalue weighted by atomic mass is 9.77. The molecule has 1 aliphatic heterocycles. The highest BCUT2D eigenvalue weighted by molar-refractivity contribution is 8.14. The fraction of sp³-hybridized carbons (Fsp3) is 0.458. The van der Waals surface area contributed by atoms with Gasteiger partial charge in [-0.3, -0.25) is 5.41 Å². The van der Waals surface area contributed by atoms with Gasteiger partial charge in [0.15, 0.2) is 0 Å². The summed E-state index contributed by atoms with van der Waals surface area (Å²) in [5, 5.41) is 9.49. The first-order valence-electron chi connectivity index (χ1n) is 9.42. The molecule has 1 heterocycles. The molecule has 138 valence electrons. The van der Waals surface area contributed by atoms with Gasteiger partial charge >= 0.3 is 0 Å². The second-order valence-corrected chi connectivity index (χ2v) is 10.7. The molecule has 1 N–H and O–H groups in total. The van der Waals surface area contributed by atoms with Crippen LogP contribution in [0.2, 0.25) is 0 Å². The molecule has 1 atom stereocenters. The Morgan fingerprint density at radius 1 is 0.846 bits per heavy atom. The van der Waals surface area contributed by atoms with Gasteiger partial charge in [-0.2, -0.15) is 0 Å². The number of rotatable bonds is 1. The SMILES string of the molecule is Cc1ccc(C2C(=N)Sc3c2cc(C(C)(C)C)cc3C(C)(C)C)cc1C. The van der Waals surface area contributed by atoms with E-state index < -0.39 is 0 Å². The van der Waals surface area contributed by atoms with Gasteiger partial charge in [-0.1, -0.05) is 83.6 Å². The third kappa shape index (κ3) is 3.36. The number of fused-ring (bicyclic) bond motifs is 1. The van der Waals surface area contributed by atoms with Crippen LogP contribution in [0.4, 0.5) is 0 Å². The van der Waals surface area contributed by atoms with Crippen LogP contribution in [0.25, 0.3) is 0 Å². The minimum atomic E-state index is 0.0662. The maximum atomic E-state index is 8.74. The van der Waals surface area contributed by atoms with E-state index in [-0.39, 0.29) is 16.7 Å². The van der Waals surface area contributed by atoms with Gasteiger partial charge in [0.2, 0.25) is 0 Å². The highest BCUT2D eigenvalue weighted by Gasteiger charge is 2.36. The molecule has 0 aliphatic carbocycles. The highest BCUT2D eigenvalue weighted by Crippen LogP contribution is 2.50. The molecule has 0 saturated carbocycles. The van der Waals surface area contributed by atoms with E-state index in [0.29, 0.717) is 0 Å². The normalized spacial score (nSPS) is 17.5. The Kier molecular flexibility index (Phi) is 4.63. The molecule has 3 rings (SSSR count). The zero-order chi connectivity index (χ0) is 19.4. The van der Waals surface area contributed by atoms with Crippen LogP contribution in [0.15, 0.2) is 35.2 Å². The van der Waals surface area contributed by atoms with Crippen molar-refractivity contribution < 1.29 is 0 Å². The monoisotopic (exact) mass is 365 g/mol. The molecule has 0 fully saturated rings. The highest BCUT2D eigenvalue weighted by atomic mass is 32.2. The first-order chi connectivity index (χ1) is 11.9. The third-order valence-corrected chi connectivity index (χ3v) is 6.56. The van der Waals surface area contributed by atoms with Crippen molar-refractivity contribution in [1.82, 2.24) is 0 Å². The number of nitrogens with one attached hydrogen (secondary N) is 1. The van der Waals surface area contributed by atoms with Crippen molar-refractivity contribution in [3.05, 3.63) is 63.7 Å². The van der Waals surface area contributed by atoms with E-state index >= 15 is 0 Å². The van der Waals surface area contributed by atoms with Gasteiger partial charge in [0.1, 0.15) is 0 Å². The van der Waals surface area contributed by atoms with Crippen LogP contribution in [0.3, 0.4) is 0 Å². The molecule has 0 spiro atoms. The number of hydrogen-bond acceptors (Lipinski definition) is 2. The molecular formula is C24H31NS. The summed E-state index contributed by atoms with van der Waals surface area (Å²) in [6, 6.07) is 11.4. The molecule has 2 heteroatoms. The molecule has 0 radical (unpaired) electrons. The van der Waals surface area contributed by atoms with E-state index in [1.54, 1.807) is 11.8 Å². The van der Waals surface area contributed by atoms with Crippen LogP contribution in [0.1, 0.15) is 80.8 Å². The summed E-state index contributed by atoms with van der Waals surface area (Å²) >= 11 is 1.66. The molecule has 26 heavy (non-hydrogen) atoms. The Bertz CT molecular complexity index is 878. The third-order valence-electron chi connectivity index (χ3n) is 5.44. The van der Waals surface area contributed by atoms with Crippen molar-refractivity contribution in [2.75, 3.05) is 0 Å². The molecule has 0 amide bonds. The van der Waals surface area contributed by atoms with Crippen LogP contribution in [-0.2, 0) is 10.8 Å². The summed E-state index contributed by atoms with van der Waals surface area (Å²) in [6.07, 6.45) is 0. The van der Waals surface area contributed by atoms with E-state index in [0.717, 1.165) is 5.04 Å². The summed E-state index contributed by atoms with van der Waals surface area (Å²) < 4.78 is 0. The van der Waals surface area contributed by atoms with E-state index in [9.17, 15) is 0 Å². The van der Waals surface area contributed by atoms with Crippen molar-refractivity contribution in [1.29, 1.82) is 5.41 Å². The number of hydrogen-bond donors (Lipinski definition) is 1. The second-order valence-electron chi connectivity index (χ2n) is 9.69. The Labute approximate surface area is 163 Å². The molecule has 2 aromatic carbocycles. The summed E-state index contributed by atoms with van der Waals surface area (Å²) in [6.45, 7) is 18.0. The van der Waals surface area contributed by atoms with Gasteiger partial charge in [0, 0.05) is 4.90 Å². The van der Waals surface area contributed by atoms with Crippen molar-refractivity contribution in [2.24, 2.45) is 0 Å². The van der Waals surface area contributed by atoms with Gasteiger partial charge in [0.05, 0.1) is 11.0 Å². The fourth-order valence-electron chi connectivity index (χ4n) is 3.55. The predicted molar refractivity (Wildman–Crippen MR) is 115 cm³/mol. The topological polar surface area (TPSA) is 23.9 Å². The van der Waals surface area contributed by atoms with Gasteiger partial charge in [-0.05, 0) is 58.1 Å². The average Bonchev–Trinajstić information content (AvgIpc) is 2.83. The zero-order valence-corrected chi connectivity index (χ0v) is 18.2. The van der Waals surface area contributed by atoms with Crippen molar-refractivity contribution in [3.63, 3.8) is 0 Å². The largest absolute Gasteiger partial charge is 0.297 e. The standard InChI is InChI=1S/C24H31NS/c1-14-9-10-16(11-15(14)2)20-18-12-17(23(3,4)5)13-19(24(6,7)8)21(18)26-22(20)25/h9-13,20,25H,1-8H3. The molecule has 1 nitrogen and oxygen atoms in total. The summed E-state index contributed by atoms with van der Waals surface area (Å²) in [5.74, 6) is 0.0673. The maximum absolute atomic E-state index is 8.74. The molecule has 0 aromatic heterocycles. The molecule has 0 saturated heterocycles. The predicted octanol–water partition coefficient (Wildman–Crippen LogP) is 7.11. The molecule has 2 aromatic rings. The number of thioether (sulfide) groups is 1. The van der Waals surface area contributed by atoms with Gasteiger partial charge in [0.25, 0.3) is 0 Å². The van der Waals surface area contributed by atoms with E-state index in [1.165, 1.54) is 38.3 Å². The Morgan fingerprint density at radius 3 is 2.04 bits per heavy atom. The van der Waals surface area contributed by atoms with Gasteiger partial charge in [-0.15, -0.1) is 0 Å². The van der Waals surface area contributed by atoms with Gasteiger partial charge < -0.3 is 0 Å². The number of benzene rings is 2. The van der Waals surface area contributed by atoms with Crippen molar-refractivity contribution in [3.8, 4) is 0 Å². The van der Waals surface area contributed by atoms with E-state index in [4.69, 9.17) is 5.41 Å². The second kappa shape index (κ2) is 6.27. The summed E-state index contributed by atoms with van der Waals surface area (Å²) in [5.41, 5.74) is 8.08. The Morgan fingerprint density at radius 2 is 1.50 bits per heavy atom. The first kappa shape index (κ1) is 19.2. The van der Waals surface area contributed by atoms with Crippen LogP contribution < -0.4 is 0 Å². The van der Waals surface area contributed by atoms with Crippen molar-refractivity contribution >= 4 is 16.8 Å². The smallest absolute Gasteiger partial charge is 0.0808 e. The molecular weight excluding hydrogens is 334 g/mol. The lowest BCUT2D eigenvalue weighted by Crippen LogP contribution is -2.18. The minimum absolute atomic E-state index is 0.0662.